The summed E-state index contributed by atoms with van der Waals surface area (Å²) in [5.41, 5.74) is 2.10. The zero-order chi connectivity index (χ0) is 20.6. The number of carbonyl (C=O) groups is 2. The van der Waals surface area contributed by atoms with E-state index in [1.807, 2.05) is 31.2 Å². The molecule has 2 aromatic carbocycles. The van der Waals surface area contributed by atoms with Crippen LogP contribution in [0.15, 0.2) is 48.5 Å². The van der Waals surface area contributed by atoms with E-state index in [0.717, 1.165) is 32.0 Å². The van der Waals surface area contributed by atoms with Gasteiger partial charge in [0.05, 0.1) is 25.4 Å². The van der Waals surface area contributed by atoms with Gasteiger partial charge in [-0.1, -0.05) is 0 Å². The Morgan fingerprint density at radius 1 is 1.07 bits per heavy atom. The molecule has 0 radical (unpaired) electrons. The van der Waals surface area contributed by atoms with E-state index in [-0.39, 0.29) is 5.91 Å². The summed E-state index contributed by atoms with van der Waals surface area (Å²) in [7, 11) is 0. The van der Waals surface area contributed by atoms with Crippen LogP contribution in [-0.2, 0) is 14.3 Å². The van der Waals surface area contributed by atoms with Gasteiger partial charge in [-0.2, -0.15) is 0 Å². The molecule has 1 heterocycles. The van der Waals surface area contributed by atoms with E-state index < -0.39 is 12.1 Å². The maximum absolute atomic E-state index is 12.4. The van der Waals surface area contributed by atoms with Crippen molar-refractivity contribution in [2.75, 3.05) is 43.1 Å². The van der Waals surface area contributed by atoms with Gasteiger partial charge in [-0.3, -0.25) is 4.79 Å². The van der Waals surface area contributed by atoms with Crippen molar-refractivity contribution in [1.29, 1.82) is 0 Å². The van der Waals surface area contributed by atoms with E-state index in [2.05, 4.69) is 10.2 Å². The maximum atomic E-state index is 12.4. The average molecular weight is 398 g/mol. The van der Waals surface area contributed by atoms with Gasteiger partial charge < -0.3 is 24.4 Å². The lowest BCUT2D eigenvalue weighted by Crippen LogP contribution is -2.36. The minimum Gasteiger partial charge on any atom is -0.494 e. The Balaban J connectivity index is 1.52. The van der Waals surface area contributed by atoms with E-state index in [4.69, 9.17) is 14.2 Å². The average Bonchev–Trinajstić information content (AvgIpc) is 2.75. The first-order valence-electron chi connectivity index (χ1n) is 9.74. The van der Waals surface area contributed by atoms with Crippen molar-refractivity contribution in [1.82, 2.24) is 0 Å². The zero-order valence-corrected chi connectivity index (χ0v) is 16.7. The highest BCUT2D eigenvalue weighted by Crippen LogP contribution is 2.19. The van der Waals surface area contributed by atoms with Crippen molar-refractivity contribution in [3.8, 4) is 5.75 Å². The van der Waals surface area contributed by atoms with Crippen LogP contribution in [0.3, 0.4) is 0 Å². The minimum atomic E-state index is -0.923. The molecule has 2 aromatic rings. The fraction of sp³-hybridized carbons (Fsp3) is 0.364. The van der Waals surface area contributed by atoms with Crippen LogP contribution in [-0.4, -0.2) is 50.9 Å². The molecule has 0 aromatic heterocycles. The van der Waals surface area contributed by atoms with Crippen LogP contribution in [0, 0.1) is 0 Å². The largest absolute Gasteiger partial charge is 0.494 e. The second-order valence-corrected chi connectivity index (χ2v) is 6.64. The summed E-state index contributed by atoms with van der Waals surface area (Å²) < 4.78 is 16.0. The highest BCUT2D eigenvalue weighted by Gasteiger charge is 2.19. The topological polar surface area (TPSA) is 77.1 Å². The Morgan fingerprint density at radius 3 is 2.34 bits per heavy atom. The third kappa shape index (κ3) is 5.71. The summed E-state index contributed by atoms with van der Waals surface area (Å²) in [5.74, 6) is -0.267. The van der Waals surface area contributed by atoms with Crippen LogP contribution in [0.2, 0.25) is 0 Å². The predicted octanol–water partition coefficient (Wildman–Crippen LogP) is 3.11. The number of carbonyl (C=O) groups excluding carboxylic acids is 2. The second-order valence-electron chi connectivity index (χ2n) is 6.64. The minimum absolute atomic E-state index is 0.364. The summed E-state index contributed by atoms with van der Waals surface area (Å²) in [4.78, 5) is 26.8. The van der Waals surface area contributed by atoms with Crippen molar-refractivity contribution >= 4 is 23.3 Å². The number of rotatable bonds is 7. The first kappa shape index (κ1) is 20.7. The van der Waals surface area contributed by atoms with Gasteiger partial charge in [-0.15, -0.1) is 0 Å². The fourth-order valence-corrected chi connectivity index (χ4v) is 2.96. The van der Waals surface area contributed by atoms with Gasteiger partial charge in [0.25, 0.3) is 5.91 Å². The Morgan fingerprint density at radius 2 is 1.72 bits per heavy atom. The van der Waals surface area contributed by atoms with Gasteiger partial charge in [-0.05, 0) is 62.4 Å². The zero-order valence-electron chi connectivity index (χ0n) is 16.7. The lowest BCUT2D eigenvalue weighted by Gasteiger charge is -2.28. The highest BCUT2D eigenvalue weighted by atomic mass is 16.5. The quantitative estimate of drug-likeness (QED) is 0.722. The number of anilines is 2. The Hall–Kier alpha value is -3.06. The van der Waals surface area contributed by atoms with Crippen molar-refractivity contribution in [2.24, 2.45) is 0 Å². The number of ether oxygens (including phenoxy) is 3. The van der Waals surface area contributed by atoms with Crippen molar-refractivity contribution in [2.45, 2.75) is 20.0 Å². The molecule has 154 valence electrons. The molecule has 1 aliphatic heterocycles. The Bertz CT molecular complexity index is 814. The van der Waals surface area contributed by atoms with Crippen LogP contribution in [0.4, 0.5) is 11.4 Å². The van der Waals surface area contributed by atoms with E-state index in [1.165, 1.54) is 0 Å². The Kier molecular flexibility index (Phi) is 7.08. The normalized spacial score (nSPS) is 14.8. The van der Waals surface area contributed by atoms with Gasteiger partial charge in [0.1, 0.15) is 5.75 Å². The molecule has 1 amide bonds. The monoisotopic (exact) mass is 398 g/mol. The molecule has 1 N–H and O–H groups in total. The van der Waals surface area contributed by atoms with E-state index in [0.29, 0.717) is 23.6 Å². The number of nitrogens with zero attached hydrogens (tertiary/aromatic N) is 1. The molecule has 1 fully saturated rings. The third-order valence-electron chi connectivity index (χ3n) is 4.57. The molecule has 1 saturated heterocycles. The number of esters is 1. The second kappa shape index (κ2) is 9.93. The first-order chi connectivity index (χ1) is 14.1. The van der Waals surface area contributed by atoms with E-state index in [1.54, 1.807) is 31.2 Å². The summed E-state index contributed by atoms with van der Waals surface area (Å²) >= 11 is 0. The van der Waals surface area contributed by atoms with Crippen LogP contribution in [0.5, 0.6) is 5.75 Å². The lowest BCUT2D eigenvalue weighted by molar-refractivity contribution is -0.123. The van der Waals surface area contributed by atoms with Crippen molar-refractivity contribution < 1.29 is 23.8 Å². The summed E-state index contributed by atoms with van der Waals surface area (Å²) in [6.07, 6.45) is -0.923. The summed E-state index contributed by atoms with van der Waals surface area (Å²) in [6, 6.07) is 14.2. The highest BCUT2D eigenvalue weighted by molar-refractivity contribution is 5.97. The maximum Gasteiger partial charge on any atom is 0.338 e. The van der Waals surface area contributed by atoms with E-state index in [9.17, 15) is 9.59 Å². The van der Waals surface area contributed by atoms with Crippen LogP contribution in [0.25, 0.3) is 0 Å². The fourth-order valence-electron chi connectivity index (χ4n) is 2.96. The molecule has 0 bridgehead atoms. The molecule has 29 heavy (non-hydrogen) atoms. The van der Waals surface area contributed by atoms with Gasteiger partial charge in [0.2, 0.25) is 0 Å². The number of nitrogens with one attached hydrogen (secondary N) is 1. The number of benzene rings is 2. The molecule has 1 atom stereocenters. The van der Waals surface area contributed by atoms with Gasteiger partial charge in [0.15, 0.2) is 6.10 Å². The number of morpholine rings is 1. The molecule has 0 spiro atoms. The molecule has 1 aliphatic rings. The Labute approximate surface area is 170 Å². The smallest absolute Gasteiger partial charge is 0.338 e. The first-order valence-corrected chi connectivity index (χ1v) is 9.74. The third-order valence-corrected chi connectivity index (χ3v) is 4.57. The predicted molar refractivity (Wildman–Crippen MR) is 111 cm³/mol. The lowest BCUT2D eigenvalue weighted by atomic mass is 10.2. The molecule has 0 aliphatic carbocycles. The van der Waals surface area contributed by atoms with Gasteiger partial charge >= 0.3 is 5.97 Å². The van der Waals surface area contributed by atoms with Crippen molar-refractivity contribution in [3.63, 3.8) is 0 Å². The molecule has 7 nitrogen and oxygen atoms in total. The van der Waals surface area contributed by atoms with Crippen LogP contribution >= 0.6 is 0 Å². The molecule has 0 saturated carbocycles. The summed E-state index contributed by atoms with van der Waals surface area (Å²) in [5, 5.41) is 2.78. The number of hydrogen-bond donors (Lipinski definition) is 1. The molecule has 0 unspecified atom stereocenters. The van der Waals surface area contributed by atoms with Gasteiger partial charge in [0, 0.05) is 24.5 Å². The molecular weight excluding hydrogens is 372 g/mol. The number of hydrogen-bond acceptors (Lipinski definition) is 6. The molecule has 3 rings (SSSR count). The summed E-state index contributed by atoms with van der Waals surface area (Å²) in [6.45, 7) is 7.12. The standard InChI is InChI=1S/C22H26N2O5/c1-3-28-20-10-4-17(5-11-20)22(26)29-16(2)21(25)23-18-6-8-19(9-7-18)24-12-14-27-15-13-24/h4-11,16H,3,12-15H2,1-2H3,(H,23,25)/t16-/m0/s1. The van der Waals surface area contributed by atoms with E-state index >= 15 is 0 Å². The van der Waals surface area contributed by atoms with Gasteiger partial charge in [-0.25, -0.2) is 4.79 Å². The molecule has 7 heteroatoms. The molecular formula is C22H26N2O5. The SMILES string of the molecule is CCOc1ccc(C(=O)O[C@@H](C)C(=O)Nc2ccc(N3CCOCC3)cc2)cc1. The van der Waals surface area contributed by atoms with Crippen LogP contribution < -0.4 is 15.0 Å². The number of amides is 1. The van der Waals surface area contributed by atoms with Crippen LogP contribution in [0.1, 0.15) is 24.2 Å². The van der Waals surface area contributed by atoms with Crippen molar-refractivity contribution in [3.05, 3.63) is 54.1 Å².